The number of imidazole rings is 1. The number of piperidine rings is 1. The molecule has 1 aliphatic heterocycles. The first-order chi connectivity index (χ1) is 15.7. The summed E-state index contributed by atoms with van der Waals surface area (Å²) in [5.41, 5.74) is 0.987. The molecule has 2 aromatic rings. The molecule has 0 radical (unpaired) electrons. The van der Waals surface area contributed by atoms with E-state index >= 15 is 0 Å². The standard InChI is InChI=1S/C23H32F3N3O4S.ClH/c1-22(2,3)20-27-18-14-17(34(31,32)13-5-10-23(24,25)26)6-7-19(18)29(20)15-16-8-11-28(12-9-16)21(30)33-4;/h6-7,14,16H,5,8-13,15H2,1-4H3;1H. The highest BCUT2D eigenvalue weighted by atomic mass is 35.5. The van der Waals surface area contributed by atoms with Gasteiger partial charge in [0.25, 0.3) is 0 Å². The Morgan fingerprint density at radius 2 is 1.80 bits per heavy atom. The van der Waals surface area contributed by atoms with Crippen molar-refractivity contribution in [3.63, 3.8) is 0 Å². The minimum atomic E-state index is -4.38. The number of alkyl halides is 3. The Kier molecular flexibility index (Phi) is 9.14. The molecule has 0 saturated carbocycles. The van der Waals surface area contributed by atoms with E-state index in [2.05, 4.69) is 4.57 Å². The maximum absolute atomic E-state index is 12.6. The lowest BCUT2D eigenvalue weighted by atomic mass is 9.93. The number of fused-ring (bicyclic) bond motifs is 1. The van der Waals surface area contributed by atoms with Crippen LogP contribution in [0.1, 0.15) is 52.3 Å². The smallest absolute Gasteiger partial charge is 0.409 e. The van der Waals surface area contributed by atoms with Crippen LogP contribution in [0.15, 0.2) is 23.1 Å². The van der Waals surface area contributed by atoms with E-state index in [0.29, 0.717) is 31.1 Å². The summed E-state index contributed by atoms with van der Waals surface area (Å²) >= 11 is 0. The van der Waals surface area contributed by atoms with Crippen molar-refractivity contribution in [2.24, 2.45) is 5.92 Å². The topological polar surface area (TPSA) is 81.5 Å². The zero-order valence-corrected chi connectivity index (χ0v) is 22.0. The molecule has 0 unspecified atom stereocenters. The van der Waals surface area contributed by atoms with Gasteiger partial charge in [-0.15, -0.1) is 12.4 Å². The first-order valence-electron chi connectivity index (χ1n) is 11.3. The zero-order valence-electron chi connectivity index (χ0n) is 20.4. The van der Waals surface area contributed by atoms with Crippen molar-refractivity contribution in [2.75, 3.05) is 26.0 Å². The quantitative estimate of drug-likeness (QED) is 0.494. The molecular weight excluding hydrogens is 507 g/mol. The fourth-order valence-corrected chi connectivity index (χ4v) is 5.65. The number of carbonyl (C=O) groups excluding carboxylic acids is 1. The molecule has 3 rings (SSSR count). The number of benzene rings is 1. The Balaban J connectivity index is 0.00000432. The van der Waals surface area contributed by atoms with Crippen molar-refractivity contribution in [3.05, 3.63) is 24.0 Å². The van der Waals surface area contributed by atoms with Crippen molar-refractivity contribution < 1.29 is 31.1 Å². The van der Waals surface area contributed by atoms with Gasteiger partial charge in [0.15, 0.2) is 9.84 Å². The molecule has 1 aliphatic rings. The third-order valence-corrected chi connectivity index (χ3v) is 7.91. The number of carbonyl (C=O) groups is 1. The average molecular weight is 540 g/mol. The molecule has 0 atom stereocenters. The third-order valence-electron chi connectivity index (χ3n) is 6.11. The minimum absolute atomic E-state index is 0. The average Bonchev–Trinajstić information content (AvgIpc) is 3.11. The van der Waals surface area contributed by atoms with Gasteiger partial charge in [-0.3, -0.25) is 0 Å². The first-order valence-corrected chi connectivity index (χ1v) is 13.0. The highest BCUT2D eigenvalue weighted by Crippen LogP contribution is 2.31. The lowest BCUT2D eigenvalue weighted by molar-refractivity contribution is -0.134. The molecule has 1 aromatic carbocycles. The van der Waals surface area contributed by atoms with Gasteiger partial charge in [0.05, 0.1) is 28.8 Å². The largest absolute Gasteiger partial charge is 0.453 e. The molecule has 0 bridgehead atoms. The fourth-order valence-electron chi connectivity index (χ4n) is 4.33. The number of sulfone groups is 1. The van der Waals surface area contributed by atoms with Gasteiger partial charge in [-0.2, -0.15) is 13.2 Å². The maximum atomic E-state index is 12.6. The normalized spacial score (nSPS) is 15.8. The van der Waals surface area contributed by atoms with Gasteiger partial charge in [-0.05, 0) is 43.4 Å². The van der Waals surface area contributed by atoms with E-state index in [1.54, 1.807) is 11.0 Å². The third kappa shape index (κ3) is 7.25. The Hall–Kier alpha value is -2.01. The van der Waals surface area contributed by atoms with Crippen LogP contribution in [0.4, 0.5) is 18.0 Å². The summed E-state index contributed by atoms with van der Waals surface area (Å²) in [6, 6.07) is 4.61. The number of ether oxygens (including phenoxy) is 1. The number of methoxy groups -OCH3 is 1. The number of nitrogens with zero attached hydrogens (tertiary/aromatic N) is 3. The monoisotopic (exact) mass is 539 g/mol. The van der Waals surface area contributed by atoms with Crippen molar-refractivity contribution in [2.45, 2.75) is 69.5 Å². The Bertz CT molecular complexity index is 1140. The van der Waals surface area contributed by atoms with Gasteiger partial charge in [0.1, 0.15) is 5.82 Å². The Labute approximate surface area is 210 Å². The number of amides is 1. The van der Waals surface area contributed by atoms with E-state index in [1.807, 2.05) is 20.8 Å². The van der Waals surface area contributed by atoms with Crippen molar-refractivity contribution in [1.29, 1.82) is 0 Å². The van der Waals surface area contributed by atoms with Gasteiger partial charge in [-0.1, -0.05) is 20.8 Å². The second-order valence-corrected chi connectivity index (χ2v) is 12.0. The van der Waals surface area contributed by atoms with Crippen LogP contribution in [0.2, 0.25) is 0 Å². The molecule has 35 heavy (non-hydrogen) atoms. The number of rotatable bonds is 6. The van der Waals surface area contributed by atoms with E-state index in [-0.39, 0.29) is 28.8 Å². The van der Waals surface area contributed by atoms with Crippen LogP contribution in [-0.2, 0) is 26.5 Å². The predicted octanol–water partition coefficient (Wildman–Crippen LogP) is 5.35. The van der Waals surface area contributed by atoms with E-state index in [9.17, 15) is 26.4 Å². The number of hydrogen-bond acceptors (Lipinski definition) is 5. The van der Waals surface area contributed by atoms with E-state index in [0.717, 1.165) is 24.2 Å². The molecule has 12 heteroatoms. The molecule has 7 nitrogen and oxygen atoms in total. The lowest BCUT2D eigenvalue weighted by Crippen LogP contribution is -2.39. The molecule has 0 spiro atoms. The van der Waals surface area contributed by atoms with E-state index in [4.69, 9.17) is 9.72 Å². The summed E-state index contributed by atoms with van der Waals surface area (Å²) < 4.78 is 69.5. The molecular formula is C23H33ClF3N3O4S. The zero-order chi connectivity index (χ0) is 25.3. The van der Waals surface area contributed by atoms with Crippen LogP contribution < -0.4 is 0 Å². The maximum Gasteiger partial charge on any atom is 0.409 e. The van der Waals surface area contributed by atoms with Crippen LogP contribution in [-0.4, -0.2) is 61.1 Å². The van der Waals surface area contributed by atoms with Crippen LogP contribution in [0.5, 0.6) is 0 Å². The Morgan fingerprint density at radius 1 is 1.17 bits per heavy atom. The van der Waals surface area contributed by atoms with Crippen molar-refractivity contribution >= 4 is 39.4 Å². The van der Waals surface area contributed by atoms with E-state index < -0.39 is 34.6 Å². The second-order valence-electron chi connectivity index (χ2n) is 9.88. The SMILES string of the molecule is COC(=O)N1CCC(Cn2c(C(C)(C)C)nc3cc(S(=O)(=O)CCCC(F)(F)F)ccc32)CC1.Cl. The van der Waals surface area contributed by atoms with Crippen LogP contribution in [0, 0.1) is 5.92 Å². The summed E-state index contributed by atoms with van der Waals surface area (Å²) in [7, 11) is -2.49. The van der Waals surface area contributed by atoms with Crippen LogP contribution >= 0.6 is 12.4 Å². The highest BCUT2D eigenvalue weighted by Gasteiger charge is 2.30. The van der Waals surface area contributed by atoms with Gasteiger partial charge >= 0.3 is 12.3 Å². The van der Waals surface area contributed by atoms with Gasteiger partial charge in [0, 0.05) is 31.5 Å². The summed E-state index contributed by atoms with van der Waals surface area (Å²) in [4.78, 5) is 18.2. The summed E-state index contributed by atoms with van der Waals surface area (Å²) in [6.45, 7) is 7.97. The van der Waals surface area contributed by atoms with Crippen LogP contribution in [0.3, 0.4) is 0 Å². The summed E-state index contributed by atoms with van der Waals surface area (Å²) in [6.07, 6.45) is -4.70. The highest BCUT2D eigenvalue weighted by molar-refractivity contribution is 7.91. The molecule has 1 amide bonds. The molecule has 1 saturated heterocycles. The Morgan fingerprint density at radius 3 is 2.34 bits per heavy atom. The van der Waals surface area contributed by atoms with Crippen LogP contribution in [0.25, 0.3) is 11.0 Å². The minimum Gasteiger partial charge on any atom is -0.453 e. The number of hydrogen-bond donors (Lipinski definition) is 0. The van der Waals surface area contributed by atoms with Gasteiger partial charge in [-0.25, -0.2) is 18.2 Å². The van der Waals surface area contributed by atoms with E-state index in [1.165, 1.54) is 19.2 Å². The van der Waals surface area contributed by atoms with Crippen molar-refractivity contribution in [3.8, 4) is 0 Å². The molecule has 1 aromatic heterocycles. The second kappa shape index (κ2) is 10.9. The lowest BCUT2D eigenvalue weighted by Gasteiger charge is -2.32. The number of halogens is 4. The van der Waals surface area contributed by atoms with Crippen molar-refractivity contribution in [1.82, 2.24) is 14.5 Å². The molecule has 0 N–H and O–H groups in total. The molecule has 2 heterocycles. The summed E-state index contributed by atoms with van der Waals surface area (Å²) in [5.74, 6) is 0.554. The summed E-state index contributed by atoms with van der Waals surface area (Å²) in [5, 5.41) is 0. The predicted molar refractivity (Wildman–Crippen MR) is 130 cm³/mol. The molecule has 1 fully saturated rings. The fraction of sp³-hybridized carbons (Fsp3) is 0.652. The molecule has 198 valence electrons. The molecule has 0 aliphatic carbocycles. The first kappa shape index (κ1) is 29.2. The number of aromatic nitrogens is 2. The number of likely N-dealkylation sites (tertiary alicyclic amines) is 1. The van der Waals surface area contributed by atoms with Gasteiger partial charge in [0.2, 0.25) is 0 Å². The van der Waals surface area contributed by atoms with Gasteiger partial charge < -0.3 is 14.2 Å².